The number of methoxy groups -OCH3 is 1. The minimum absolute atomic E-state index is 0.149. The van der Waals surface area contributed by atoms with Crippen molar-refractivity contribution in [2.24, 2.45) is 0 Å². The van der Waals surface area contributed by atoms with Gasteiger partial charge in [0, 0.05) is 11.1 Å². The molecule has 3 rings (SSSR count). The molecular formula is C19H20ClN5O2S. The van der Waals surface area contributed by atoms with Crippen molar-refractivity contribution < 1.29 is 9.53 Å². The van der Waals surface area contributed by atoms with Crippen molar-refractivity contribution in [3.05, 3.63) is 52.0 Å². The van der Waals surface area contributed by atoms with Crippen molar-refractivity contribution in [2.75, 3.05) is 18.2 Å². The molecule has 28 heavy (non-hydrogen) atoms. The van der Waals surface area contributed by atoms with Gasteiger partial charge in [0.25, 0.3) is 0 Å². The monoisotopic (exact) mass is 417 g/mol. The molecule has 0 spiro atoms. The fourth-order valence-electron chi connectivity index (χ4n) is 2.53. The lowest BCUT2D eigenvalue weighted by Gasteiger charge is -2.12. The number of benzene rings is 2. The first-order chi connectivity index (χ1) is 13.4. The number of aromatic nitrogens is 4. The van der Waals surface area contributed by atoms with E-state index in [0.717, 1.165) is 16.8 Å². The van der Waals surface area contributed by atoms with Gasteiger partial charge in [0.15, 0.2) is 0 Å². The van der Waals surface area contributed by atoms with E-state index in [1.807, 2.05) is 39.0 Å². The van der Waals surface area contributed by atoms with Crippen LogP contribution in [-0.2, 0) is 4.79 Å². The fraction of sp³-hybridized carbons (Fsp3) is 0.263. The van der Waals surface area contributed by atoms with Gasteiger partial charge in [-0.15, -0.1) is 5.10 Å². The molecule has 0 saturated heterocycles. The van der Waals surface area contributed by atoms with Crippen LogP contribution in [0.3, 0.4) is 0 Å². The number of rotatable bonds is 6. The van der Waals surface area contributed by atoms with Gasteiger partial charge in [-0.3, -0.25) is 4.79 Å². The predicted octanol–water partition coefficient (Wildman–Crippen LogP) is 3.98. The number of thioether (sulfide) groups is 1. The molecule has 0 fully saturated rings. The van der Waals surface area contributed by atoms with Gasteiger partial charge in [-0.2, -0.15) is 4.68 Å². The second kappa shape index (κ2) is 8.62. The van der Waals surface area contributed by atoms with E-state index in [1.54, 1.807) is 16.8 Å². The van der Waals surface area contributed by atoms with E-state index < -0.39 is 0 Å². The van der Waals surface area contributed by atoms with Crippen LogP contribution in [0.1, 0.15) is 16.7 Å². The van der Waals surface area contributed by atoms with Gasteiger partial charge in [-0.05, 0) is 66.1 Å². The maximum Gasteiger partial charge on any atom is 0.234 e. The van der Waals surface area contributed by atoms with Crippen LogP contribution in [0.15, 0.2) is 35.5 Å². The standard InChI is InChI=1S/C19H20ClN5O2S/c1-11-5-6-14(7-12(11)2)25-19(22-23-24-25)28-10-18(26)21-16-8-13(3)15(20)9-17(16)27-4/h5-9H,10H2,1-4H3,(H,21,26). The number of nitrogens with zero attached hydrogens (tertiary/aromatic N) is 4. The Hall–Kier alpha value is -2.58. The second-order valence-electron chi connectivity index (χ2n) is 6.28. The second-order valence-corrected chi connectivity index (χ2v) is 7.63. The molecular weight excluding hydrogens is 398 g/mol. The van der Waals surface area contributed by atoms with Gasteiger partial charge in [0.05, 0.1) is 24.2 Å². The molecule has 7 nitrogen and oxygen atoms in total. The first kappa shape index (κ1) is 20.2. The zero-order valence-corrected chi connectivity index (χ0v) is 17.6. The average Bonchev–Trinajstić information content (AvgIpc) is 3.13. The maximum absolute atomic E-state index is 12.4. The summed E-state index contributed by atoms with van der Waals surface area (Å²) >= 11 is 7.36. The van der Waals surface area contributed by atoms with E-state index >= 15 is 0 Å². The van der Waals surface area contributed by atoms with E-state index in [0.29, 0.717) is 21.6 Å². The molecule has 0 aliphatic rings. The quantitative estimate of drug-likeness (QED) is 0.611. The number of carbonyl (C=O) groups excluding carboxylic acids is 1. The third-order valence-electron chi connectivity index (χ3n) is 4.26. The Balaban J connectivity index is 1.70. The Morgan fingerprint density at radius 3 is 2.68 bits per heavy atom. The minimum atomic E-state index is -0.195. The molecule has 1 aromatic heterocycles. The number of nitrogens with one attached hydrogen (secondary N) is 1. The molecule has 1 N–H and O–H groups in total. The Morgan fingerprint density at radius 1 is 1.18 bits per heavy atom. The van der Waals surface area contributed by atoms with Crippen molar-refractivity contribution in [1.82, 2.24) is 20.2 Å². The Labute approximate surface area is 172 Å². The summed E-state index contributed by atoms with van der Waals surface area (Å²) in [6, 6.07) is 9.44. The van der Waals surface area contributed by atoms with Gasteiger partial charge < -0.3 is 10.1 Å². The molecule has 9 heteroatoms. The van der Waals surface area contributed by atoms with Crippen molar-refractivity contribution in [3.63, 3.8) is 0 Å². The molecule has 0 saturated carbocycles. The maximum atomic E-state index is 12.4. The predicted molar refractivity (Wildman–Crippen MR) is 111 cm³/mol. The highest BCUT2D eigenvalue weighted by atomic mass is 35.5. The van der Waals surface area contributed by atoms with Gasteiger partial charge in [-0.1, -0.05) is 29.4 Å². The van der Waals surface area contributed by atoms with Gasteiger partial charge in [0.1, 0.15) is 5.75 Å². The Kier molecular flexibility index (Phi) is 6.21. The fourth-order valence-corrected chi connectivity index (χ4v) is 3.38. The van der Waals surface area contributed by atoms with Gasteiger partial charge in [0.2, 0.25) is 11.1 Å². The highest BCUT2D eigenvalue weighted by molar-refractivity contribution is 7.99. The van der Waals surface area contributed by atoms with Crippen LogP contribution in [0.4, 0.5) is 5.69 Å². The van der Waals surface area contributed by atoms with Gasteiger partial charge in [-0.25, -0.2) is 0 Å². The van der Waals surface area contributed by atoms with Crippen molar-refractivity contribution in [1.29, 1.82) is 0 Å². The van der Waals surface area contributed by atoms with E-state index in [9.17, 15) is 4.79 Å². The number of aryl methyl sites for hydroxylation is 3. The number of hydrogen-bond donors (Lipinski definition) is 1. The molecule has 0 atom stereocenters. The van der Waals surface area contributed by atoms with Gasteiger partial charge >= 0.3 is 0 Å². The smallest absolute Gasteiger partial charge is 0.234 e. The Bertz CT molecular complexity index is 1020. The van der Waals surface area contributed by atoms with Crippen molar-refractivity contribution in [3.8, 4) is 11.4 Å². The summed E-state index contributed by atoms with van der Waals surface area (Å²) in [4.78, 5) is 12.4. The number of tetrazole rings is 1. The summed E-state index contributed by atoms with van der Waals surface area (Å²) in [5, 5.41) is 15.8. The highest BCUT2D eigenvalue weighted by Gasteiger charge is 2.14. The highest BCUT2D eigenvalue weighted by Crippen LogP contribution is 2.31. The molecule has 0 bridgehead atoms. The normalized spacial score (nSPS) is 10.8. The van der Waals surface area contributed by atoms with Crippen LogP contribution in [0.2, 0.25) is 5.02 Å². The average molecular weight is 418 g/mol. The summed E-state index contributed by atoms with van der Waals surface area (Å²) in [7, 11) is 1.53. The van der Waals surface area contributed by atoms with E-state index in [2.05, 4.69) is 20.8 Å². The lowest BCUT2D eigenvalue weighted by atomic mass is 10.1. The molecule has 0 aliphatic carbocycles. The van der Waals surface area contributed by atoms with Crippen molar-refractivity contribution >= 4 is 35.0 Å². The van der Waals surface area contributed by atoms with Crippen LogP contribution in [0, 0.1) is 20.8 Å². The number of anilines is 1. The number of amides is 1. The SMILES string of the molecule is COc1cc(Cl)c(C)cc1NC(=O)CSc1nnnn1-c1ccc(C)c(C)c1. The number of ether oxygens (including phenoxy) is 1. The van der Waals surface area contributed by atoms with E-state index in [4.69, 9.17) is 16.3 Å². The number of carbonyl (C=O) groups is 1. The van der Waals surface area contributed by atoms with Crippen molar-refractivity contribution in [2.45, 2.75) is 25.9 Å². The Morgan fingerprint density at radius 2 is 1.96 bits per heavy atom. The largest absolute Gasteiger partial charge is 0.495 e. The summed E-state index contributed by atoms with van der Waals surface area (Å²) in [5.41, 5.74) is 4.61. The van der Waals surface area contributed by atoms with Crippen LogP contribution < -0.4 is 10.1 Å². The van der Waals surface area contributed by atoms with Crippen LogP contribution in [0.25, 0.3) is 5.69 Å². The molecule has 146 valence electrons. The lowest BCUT2D eigenvalue weighted by Crippen LogP contribution is -2.15. The summed E-state index contributed by atoms with van der Waals surface area (Å²) in [6.45, 7) is 5.94. The summed E-state index contributed by atoms with van der Waals surface area (Å²) < 4.78 is 6.91. The molecule has 0 radical (unpaired) electrons. The zero-order valence-electron chi connectivity index (χ0n) is 16.0. The third kappa shape index (κ3) is 4.45. The lowest BCUT2D eigenvalue weighted by molar-refractivity contribution is -0.113. The van der Waals surface area contributed by atoms with E-state index in [-0.39, 0.29) is 11.7 Å². The summed E-state index contributed by atoms with van der Waals surface area (Å²) in [5.74, 6) is 0.462. The molecule has 1 amide bonds. The first-order valence-electron chi connectivity index (χ1n) is 8.52. The number of halogens is 1. The summed E-state index contributed by atoms with van der Waals surface area (Å²) in [6.07, 6.45) is 0. The van der Waals surface area contributed by atoms with Crippen LogP contribution >= 0.6 is 23.4 Å². The minimum Gasteiger partial charge on any atom is -0.495 e. The van der Waals surface area contributed by atoms with Crippen LogP contribution in [0.5, 0.6) is 5.75 Å². The van der Waals surface area contributed by atoms with E-state index in [1.165, 1.54) is 24.4 Å². The molecule has 1 heterocycles. The molecule has 3 aromatic rings. The topological polar surface area (TPSA) is 81.9 Å². The first-order valence-corrected chi connectivity index (χ1v) is 9.88. The molecule has 2 aromatic carbocycles. The number of hydrogen-bond acceptors (Lipinski definition) is 6. The third-order valence-corrected chi connectivity index (χ3v) is 5.59. The zero-order chi connectivity index (χ0) is 20.3. The molecule has 0 aliphatic heterocycles. The van der Waals surface area contributed by atoms with Crippen LogP contribution in [-0.4, -0.2) is 39.0 Å². The molecule has 0 unspecified atom stereocenters.